The molecule has 1 saturated heterocycles. The van der Waals surface area contributed by atoms with Gasteiger partial charge in [0.1, 0.15) is 5.75 Å². The number of carbonyl (C=O) groups excluding carboxylic acids is 1. The SMILES string of the molecule is O=C(COc1ccccc1)N1CCCC(Cc2ccccn2)C1. The van der Waals surface area contributed by atoms with E-state index in [-0.39, 0.29) is 12.5 Å². The van der Waals surface area contributed by atoms with Crippen molar-refractivity contribution in [1.29, 1.82) is 0 Å². The number of piperidine rings is 1. The summed E-state index contributed by atoms with van der Waals surface area (Å²) in [7, 11) is 0. The van der Waals surface area contributed by atoms with Crippen molar-refractivity contribution < 1.29 is 9.53 Å². The number of likely N-dealkylation sites (tertiary alicyclic amines) is 1. The Bertz CT molecular complexity index is 616. The summed E-state index contributed by atoms with van der Waals surface area (Å²) in [6, 6.07) is 15.5. The Balaban J connectivity index is 1.50. The Morgan fingerprint density at radius 3 is 2.78 bits per heavy atom. The van der Waals surface area contributed by atoms with Gasteiger partial charge in [0.2, 0.25) is 0 Å². The maximum atomic E-state index is 12.4. The second-order valence-electron chi connectivity index (χ2n) is 5.97. The van der Waals surface area contributed by atoms with E-state index >= 15 is 0 Å². The summed E-state index contributed by atoms with van der Waals surface area (Å²) in [5.74, 6) is 1.29. The van der Waals surface area contributed by atoms with E-state index in [1.807, 2.05) is 53.6 Å². The summed E-state index contributed by atoms with van der Waals surface area (Å²) in [5, 5.41) is 0. The van der Waals surface area contributed by atoms with Gasteiger partial charge in [-0.15, -0.1) is 0 Å². The molecule has 1 aliphatic rings. The number of para-hydroxylation sites is 1. The smallest absolute Gasteiger partial charge is 0.260 e. The molecule has 1 aliphatic heterocycles. The molecule has 1 atom stereocenters. The molecular weight excluding hydrogens is 288 g/mol. The van der Waals surface area contributed by atoms with Gasteiger partial charge in [0.25, 0.3) is 5.91 Å². The molecule has 3 rings (SSSR count). The van der Waals surface area contributed by atoms with Crippen molar-refractivity contribution in [2.45, 2.75) is 19.3 Å². The van der Waals surface area contributed by atoms with Crippen LogP contribution < -0.4 is 4.74 Å². The highest BCUT2D eigenvalue weighted by atomic mass is 16.5. The third-order valence-electron chi connectivity index (χ3n) is 4.20. The van der Waals surface area contributed by atoms with Crippen molar-refractivity contribution in [2.75, 3.05) is 19.7 Å². The average Bonchev–Trinajstić information content (AvgIpc) is 2.62. The summed E-state index contributed by atoms with van der Waals surface area (Å²) in [6.45, 7) is 1.74. The summed E-state index contributed by atoms with van der Waals surface area (Å²) in [4.78, 5) is 18.7. The summed E-state index contributed by atoms with van der Waals surface area (Å²) in [6.07, 6.45) is 4.97. The van der Waals surface area contributed by atoms with Crippen molar-refractivity contribution in [3.8, 4) is 5.75 Å². The lowest BCUT2D eigenvalue weighted by Gasteiger charge is -2.32. The van der Waals surface area contributed by atoms with Gasteiger partial charge in [0.05, 0.1) is 0 Å². The lowest BCUT2D eigenvalue weighted by Crippen LogP contribution is -2.42. The van der Waals surface area contributed by atoms with Crippen molar-refractivity contribution in [1.82, 2.24) is 9.88 Å². The summed E-state index contributed by atoms with van der Waals surface area (Å²) in [5.41, 5.74) is 1.10. The normalized spacial score (nSPS) is 17.7. The van der Waals surface area contributed by atoms with Crippen LogP contribution in [0.5, 0.6) is 5.75 Å². The molecule has 1 fully saturated rings. The van der Waals surface area contributed by atoms with Crippen LogP contribution >= 0.6 is 0 Å². The lowest BCUT2D eigenvalue weighted by atomic mass is 9.93. The van der Waals surface area contributed by atoms with Gasteiger partial charge in [-0.1, -0.05) is 24.3 Å². The lowest BCUT2D eigenvalue weighted by molar-refractivity contribution is -0.135. The van der Waals surface area contributed by atoms with Crippen LogP contribution in [0.3, 0.4) is 0 Å². The van der Waals surface area contributed by atoms with E-state index < -0.39 is 0 Å². The van der Waals surface area contributed by atoms with E-state index in [1.165, 1.54) is 0 Å². The van der Waals surface area contributed by atoms with E-state index in [0.717, 1.165) is 43.8 Å². The molecule has 4 heteroatoms. The topological polar surface area (TPSA) is 42.4 Å². The third kappa shape index (κ3) is 4.55. The minimum absolute atomic E-state index is 0.0690. The van der Waals surface area contributed by atoms with E-state index in [9.17, 15) is 4.79 Å². The van der Waals surface area contributed by atoms with Crippen LogP contribution in [0.4, 0.5) is 0 Å². The molecule has 0 spiro atoms. The van der Waals surface area contributed by atoms with Gasteiger partial charge in [-0.05, 0) is 49.4 Å². The number of hydrogen-bond acceptors (Lipinski definition) is 3. The Labute approximate surface area is 137 Å². The fourth-order valence-corrected chi connectivity index (χ4v) is 3.03. The van der Waals surface area contributed by atoms with Crippen LogP contribution in [0, 0.1) is 5.92 Å². The Kier molecular flexibility index (Phi) is 5.25. The number of nitrogens with zero attached hydrogens (tertiary/aromatic N) is 2. The van der Waals surface area contributed by atoms with Crippen LogP contribution in [0.25, 0.3) is 0 Å². The number of ether oxygens (including phenoxy) is 1. The number of benzene rings is 1. The third-order valence-corrected chi connectivity index (χ3v) is 4.20. The minimum Gasteiger partial charge on any atom is -0.484 e. The second kappa shape index (κ2) is 7.77. The van der Waals surface area contributed by atoms with E-state index in [1.54, 1.807) is 0 Å². The maximum absolute atomic E-state index is 12.4. The molecule has 2 aromatic rings. The first-order valence-electron chi connectivity index (χ1n) is 8.17. The molecule has 0 bridgehead atoms. The molecule has 2 heterocycles. The van der Waals surface area contributed by atoms with Crippen LogP contribution in [0.15, 0.2) is 54.7 Å². The predicted octanol–water partition coefficient (Wildman–Crippen LogP) is 2.94. The van der Waals surface area contributed by atoms with Gasteiger partial charge in [-0.3, -0.25) is 9.78 Å². The average molecular weight is 310 g/mol. The van der Waals surface area contributed by atoms with E-state index in [2.05, 4.69) is 11.1 Å². The first-order chi connectivity index (χ1) is 11.3. The molecule has 1 unspecified atom stereocenters. The van der Waals surface area contributed by atoms with Crippen LogP contribution in [-0.4, -0.2) is 35.5 Å². The van der Waals surface area contributed by atoms with E-state index in [4.69, 9.17) is 4.74 Å². The van der Waals surface area contributed by atoms with E-state index in [0.29, 0.717) is 5.92 Å². The molecular formula is C19H22N2O2. The minimum atomic E-state index is 0.0690. The monoisotopic (exact) mass is 310 g/mol. The molecule has 0 N–H and O–H groups in total. The quantitative estimate of drug-likeness (QED) is 0.853. The number of aromatic nitrogens is 1. The molecule has 0 aliphatic carbocycles. The molecule has 1 amide bonds. The number of carbonyl (C=O) groups is 1. The van der Waals surface area contributed by atoms with Crippen LogP contribution in [0.2, 0.25) is 0 Å². The van der Waals surface area contributed by atoms with Gasteiger partial charge in [0.15, 0.2) is 6.61 Å². The molecule has 1 aromatic heterocycles. The van der Waals surface area contributed by atoms with Crippen molar-refractivity contribution in [2.24, 2.45) is 5.92 Å². The zero-order chi connectivity index (χ0) is 15.9. The highest BCUT2D eigenvalue weighted by molar-refractivity contribution is 5.77. The molecule has 1 aromatic carbocycles. The molecule has 0 radical (unpaired) electrons. The first-order valence-corrected chi connectivity index (χ1v) is 8.17. The predicted molar refractivity (Wildman–Crippen MR) is 89.2 cm³/mol. The largest absolute Gasteiger partial charge is 0.484 e. The first kappa shape index (κ1) is 15.5. The highest BCUT2D eigenvalue weighted by Crippen LogP contribution is 2.20. The molecule has 4 nitrogen and oxygen atoms in total. The van der Waals surface area contributed by atoms with Gasteiger partial charge in [-0.2, -0.15) is 0 Å². The Morgan fingerprint density at radius 2 is 2.00 bits per heavy atom. The van der Waals surface area contributed by atoms with Gasteiger partial charge >= 0.3 is 0 Å². The number of rotatable bonds is 5. The van der Waals surface area contributed by atoms with Gasteiger partial charge < -0.3 is 9.64 Å². The zero-order valence-electron chi connectivity index (χ0n) is 13.2. The molecule has 0 saturated carbocycles. The Morgan fingerprint density at radius 1 is 1.17 bits per heavy atom. The fraction of sp³-hybridized carbons (Fsp3) is 0.368. The summed E-state index contributed by atoms with van der Waals surface area (Å²) >= 11 is 0. The summed E-state index contributed by atoms with van der Waals surface area (Å²) < 4.78 is 5.57. The van der Waals surface area contributed by atoms with Crippen LogP contribution in [0.1, 0.15) is 18.5 Å². The zero-order valence-corrected chi connectivity index (χ0v) is 13.2. The number of amides is 1. The van der Waals surface area contributed by atoms with Crippen molar-refractivity contribution in [3.05, 3.63) is 60.4 Å². The van der Waals surface area contributed by atoms with Gasteiger partial charge in [-0.25, -0.2) is 0 Å². The number of hydrogen-bond donors (Lipinski definition) is 0. The standard InChI is InChI=1S/C19H22N2O2/c22-19(15-23-18-9-2-1-3-10-18)21-12-6-7-16(14-21)13-17-8-4-5-11-20-17/h1-5,8-11,16H,6-7,12-15H2. The van der Waals surface area contributed by atoms with Crippen molar-refractivity contribution >= 4 is 5.91 Å². The molecule has 23 heavy (non-hydrogen) atoms. The molecule has 120 valence electrons. The second-order valence-corrected chi connectivity index (χ2v) is 5.97. The van der Waals surface area contributed by atoms with Gasteiger partial charge in [0, 0.05) is 25.0 Å². The number of pyridine rings is 1. The Hall–Kier alpha value is -2.36. The van der Waals surface area contributed by atoms with Crippen LogP contribution in [-0.2, 0) is 11.2 Å². The van der Waals surface area contributed by atoms with Crippen molar-refractivity contribution in [3.63, 3.8) is 0 Å². The maximum Gasteiger partial charge on any atom is 0.260 e. The fourth-order valence-electron chi connectivity index (χ4n) is 3.03. The highest BCUT2D eigenvalue weighted by Gasteiger charge is 2.24.